The highest BCUT2D eigenvalue weighted by Gasteiger charge is 2.34. The van der Waals surface area contributed by atoms with Crippen molar-refractivity contribution in [2.45, 2.75) is 0 Å². The monoisotopic (exact) mass is 376 g/mol. The lowest BCUT2D eigenvalue weighted by atomic mass is 10.1. The molecule has 1 fully saturated rings. The van der Waals surface area contributed by atoms with Crippen molar-refractivity contribution in [1.29, 1.82) is 0 Å². The van der Waals surface area contributed by atoms with Gasteiger partial charge in [-0.3, -0.25) is 19.8 Å². The van der Waals surface area contributed by atoms with E-state index >= 15 is 0 Å². The number of nitrogens with zero attached hydrogens (tertiary/aromatic N) is 1. The lowest BCUT2D eigenvalue weighted by molar-refractivity contribution is -0.122. The summed E-state index contributed by atoms with van der Waals surface area (Å²) in [5, 5.41) is 3.22. The number of nitrogens with one attached hydrogen (secondary N) is 1. The first-order valence-corrected chi connectivity index (χ1v) is 8.06. The Morgan fingerprint density at radius 2 is 1.58 bits per heavy atom. The van der Waals surface area contributed by atoms with Crippen LogP contribution >= 0.6 is 35.4 Å². The van der Waals surface area contributed by atoms with Gasteiger partial charge in [-0.15, -0.1) is 0 Å². The first kappa shape index (κ1) is 16.6. The van der Waals surface area contributed by atoms with E-state index in [9.17, 15) is 9.59 Å². The van der Waals surface area contributed by atoms with Crippen LogP contribution in [0.25, 0.3) is 6.08 Å². The summed E-state index contributed by atoms with van der Waals surface area (Å²) in [6.45, 7) is 0. The fraction of sp³-hybridized carbons (Fsp3) is 0. The van der Waals surface area contributed by atoms with Gasteiger partial charge in [-0.1, -0.05) is 47.5 Å². The van der Waals surface area contributed by atoms with E-state index in [4.69, 9.17) is 35.4 Å². The Hall–Kier alpha value is -2.21. The van der Waals surface area contributed by atoms with Crippen molar-refractivity contribution < 1.29 is 9.59 Å². The zero-order valence-electron chi connectivity index (χ0n) is 12.1. The molecule has 0 aliphatic carbocycles. The summed E-state index contributed by atoms with van der Waals surface area (Å²) in [6.07, 6.45) is 1.38. The molecule has 3 rings (SSSR count). The maximum Gasteiger partial charge on any atom is 0.270 e. The maximum atomic E-state index is 12.8. The van der Waals surface area contributed by atoms with Crippen LogP contribution in [0.1, 0.15) is 5.56 Å². The largest absolute Gasteiger partial charge is 0.298 e. The van der Waals surface area contributed by atoms with E-state index in [2.05, 4.69) is 5.32 Å². The van der Waals surface area contributed by atoms with Crippen LogP contribution in [0.2, 0.25) is 10.0 Å². The van der Waals surface area contributed by atoms with Gasteiger partial charge < -0.3 is 0 Å². The number of carbonyl (C=O) groups excluding carboxylic acids is 2. The van der Waals surface area contributed by atoms with Crippen molar-refractivity contribution in [3.8, 4) is 0 Å². The van der Waals surface area contributed by atoms with Gasteiger partial charge in [0.1, 0.15) is 5.57 Å². The van der Waals surface area contributed by atoms with Gasteiger partial charge in [0.2, 0.25) is 0 Å². The van der Waals surface area contributed by atoms with Crippen molar-refractivity contribution in [3.63, 3.8) is 0 Å². The minimum atomic E-state index is -0.590. The van der Waals surface area contributed by atoms with E-state index in [0.717, 1.165) is 0 Å². The van der Waals surface area contributed by atoms with Gasteiger partial charge in [-0.25, -0.2) is 0 Å². The van der Waals surface area contributed by atoms with Crippen LogP contribution in [-0.4, -0.2) is 16.9 Å². The average Bonchev–Trinajstić information content (AvgIpc) is 2.54. The first-order chi connectivity index (χ1) is 11.5. The lowest BCUT2D eigenvalue weighted by Gasteiger charge is -2.28. The Balaban J connectivity index is 2.08. The molecule has 1 N–H and O–H groups in total. The second-order valence-electron chi connectivity index (χ2n) is 4.93. The van der Waals surface area contributed by atoms with Gasteiger partial charge in [0.05, 0.1) is 5.69 Å². The SMILES string of the molecule is O=C1NC(=S)N(c2ccccc2)C(=O)/C1=C/c1c(Cl)cccc1Cl. The number of carbonyl (C=O) groups is 2. The van der Waals surface area contributed by atoms with E-state index in [0.29, 0.717) is 21.3 Å². The number of amides is 2. The molecule has 0 spiro atoms. The summed E-state index contributed by atoms with van der Waals surface area (Å²) in [7, 11) is 0. The number of hydrogen-bond acceptors (Lipinski definition) is 3. The van der Waals surface area contributed by atoms with Crippen LogP contribution in [0.5, 0.6) is 0 Å². The molecule has 1 aliphatic heterocycles. The minimum Gasteiger partial charge on any atom is -0.298 e. The zero-order chi connectivity index (χ0) is 17.3. The molecule has 7 heteroatoms. The summed E-state index contributed by atoms with van der Waals surface area (Å²) in [5.41, 5.74) is 0.867. The minimum absolute atomic E-state index is 0.0265. The highest BCUT2D eigenvalue weighted by atomic mass is 35.5. The van der Waals surface area contributed by atoms with E-state index < -0.39 is 11.8 Å². The number of thiocarbonyl (C=S) groups is 1. The molecule has 2 amide bonds. The molecule has 1 heterocycles. The van der Waals surface area contributed by atoms with Gasteiger partial charge in [0, 0.05) is 15.6 Å². The predicted molar refractivity (Wildman–Crippen MR) is 99.1 cm³/mol. The van der Waals surface area contributed by atoms with Crippen molar-refractivity contribution in [1.82, 2.24) is 5.32 Å². The molecule has 0 radical (unpaired) electrons. The molecule has 0 unspecified atom stereocenters. The zero-order valence-corrected chi connectivity index (χ0v) is 14.5. The third-order valence-electron chi connectivity index (χ3n) is 3.40. The van der Waals surface area contributed by atoms with Crippen LogP contribution in [0.15, 0.2) is 54.1 Å². The Kier molecular flexibility index (Phi) is 4.66. The van der Waals surface area contributed by atoms with Crippen LogP contribution in [0, 0.1) is 0 Å². The second kappa shape index (κ2) is 6.73. The molecule has 2 aromatic carbocycles. The van der Waals surface area contributed by atoms with E-state index in [1.165, 1.54) is 11.0 Å². The highest BCUT2D eigenvalue weighted by molar-refractivity contribution is 7.80. The van der Waals surface area contributed by atoms with Gasteiger partial charge in [0.15, 0.2) is 5.11 Å². The lowest BCUT2D eigenvalue weighted by Crippen LogP contribution is -2.54. The van der Waals surface area contributed by atoms with Gasteiger partial charge >= 0.3 is 0 Å². The normalized spacial score (nSPS) is 16.5. The molecule has 1 saturated heterocycles. The van der Waals surface area contributed by atoms with E-state index in [-0.39, 0.29) is 10.7 Å². The number of para-hydroxylation sites is 1. The molecule has 0 atom stereocenters. The number of anilines is 1. The van der Waals surface area contributed by atoms with E-state index in [1.54, 1.807) is 42.5 Å². The maximum absolute atomic E-state index is 12.8. The summed E-state index contributed by atoms with van der Waals surface area (Å²) >= 11 is 17.4. The third kappa shape index (κ3) is 3.06. The molecular weight excluding hydrogens is 367 g/mol. The first-order valence-electron chi connectivity index (χ1n) is 6.89. The molecule has 0 saturated carbocycles. The fourth-order valence-electron chi connectivity index (χ4n) is 2.26. The Morgan fingerprint density at radius 3 is 2.21 bits per heavy atom. The number of benzene rings is 2. The average molecular weight is 377 g/mol. The van der Waals surface area contributed by atoms with Crippen LogP contribution < -0.4 is 10.2 Å². The van der Waals surface area contributed by atoms with Crippen molar-refractivity contribution in [3.05, 3.63) is 69.7 Å². The quantitative estimate of drug-likeness (QED) is 0.492. The summed E-state index contributed by atoms with van der Waals surface area (Å²) in [5.74, 6) is -1.13. The summed E-state index contributed by atoms with van der Waals surface area (Å²) in [6, 6.07) is 13.8. The standard InChI is InChI=1S/C17H10Cl2N2O2S/c18-13-7-4-8-14(19)11(13)9-12-15(22)20-17(24)21(16(12)23)10-5-2-1-3-6-10/h1-9H,(H,20,22,24)/b12-9+. The molecule has 0 bridgehead atoms. The van der Waals surface area contributed by atoms with Crippen molar-refractivity contribution in [2.24, 2.45) is 0 Å². The Morgan fingerprint density at radius 1 is 0.958 bits per heavy atom. The van der Waals surface area contributed by atoms with Crippen molar-refractivity contribution in [2.75, 3.05) is 4.90 Å². The van der Waals surface area contributed by atoms with E-state index in [1.807, 2.05) is 6.07 Å². The predicted octanol–water partition coefficient (Wildman–Crippen LogP) is 3.82. The summed E-state index contributed by atoms with van der Waals surface area (Å²) < 4.78 is 0. The molecule has 1 aliphatic rings. The number of rotatable bonds is 2. The number of halogens is 2. The van der Waals surface area contributed by atoms with Gasteiger partial charge in [-0.05, 0) is 42.6 Å². The molecule has 4 nitrogen and oxygen atoms in total. The molecule has 2 aromatic rings. The van der Waals surface area contributed by atoms with Crippen LogP contribution in [0.4, 0.5) is 5.69 Å². The smallest absolute Gasteiger partial charge is 0.270 e. The fourth-order valence-corrected chi connectivity index (χ4v) is 3.05. The third-order valence-corrected chi connectivity index (χ3v) is 4.35. The Labute approximate surface area is 153 Å². The van der Waals surface area contributed by atoms with Crippen LogP contribution in [0.3, 0.4) is 0 Å². The molecular formula is C17H10Cl2N2O2S. The van der Waals surface area contributed by atoms with Gasteiger partial charge in [0.25, 0.3) is 11.8 Å². The number of hydrogen-bond donors (Lipinski definition) is 1. The highest BCUT2D eigenvalue weighted by Crippen LogP contribution is 2.28. The topological polar surface area (TPSA) is 49.4 Å². The van der Waals surface area contributed by atoms with Gasteiger partial charge in [-0.2, -0.15) is 0 Å². The molecule has 24 heavy (non-hydrogen) atoms. The molecule has 0 aromatic heterocycles. The Bertz CT molecular complexity index is 861. The second-order valence-corrected chi connectivity index (χ2v) is 6.13. The summed E-state index contributed by atoms with van der Waals surface area (Å²) in [4.78, 5) is 26.3. The molecule has 120 valence electrons. The van der Waals surface area contributed by atoms with Crippen molar-refractivity contribution >= 4 is 64.1 Å². The van der Waals surface area contributed by atoms with Crippen LogP contribution in [-0.2, 0) is 9.59 Å².